The second-order valence-electron chi connectivity index (χ2n) is 4.24. The van der Waals surface area contributed by atoms with E-state index < -0.39 is 0 Å². The van der Waals surface area contributed by atoms with Gasteiger partial charge in [0.1, 0.15) is 6.54 Å². The van der Waals surface area contributed by atoms with Crippen LogP contribution in [0.5, 0.6) is 0 Å². The first-order chi connectivity index (χ1) is 7.76. The lowest BCUT2D eigenvalue weighted by Crippen LogP contribution is -2.35. The van der Waals surface area contributed by atoms with Crippen LogP contribution in [0.3, 0.4) is 0 Å². The summed E-state index contributed by atoms with van der Waals surface area (Å²) in [5, 5.41) is 0. The molecule has 0 unspecified atom stereocenters. The maximum absolute atomic E-state index is 12.1. The third-order valence-corrected chi connectivity index (χ3v) is 3.09. The van der Waals surface area contributed by atoms with Gasteiger partial charge in [0.2, 0.25) is 5.91 Å². The average Bonchev–Trinajstić information content (AvgIpc) is 3.00. The van der Waals surface area contributed by atoms with Gasteiger partial charge in [-0.25, -0.2) is 0 Å². The number of amides is 1. The third-order valence-electron chi connectivity index (χ3n) is 3.09. The Morgan fingerprint density at radius 3 is 2.94 bits per heavy atom. The molecule has 2 rings (SSSR count). The fourth-order valence-corrected chi connectivity index (χ4v) is 2.05. The van der Waals surface area contributed by atoms with Gasteiger partial charge in [-0.2, -0.15) is 0 Å². The van der Waals surface area contributed by atoms with Crippen molar-refractivity contribution < 1.29 is 4.79 Å². The van der Waals surface area contributed by atoms with Crippen molar-refractivity contribution in [3.8, 4) is 0 Å². The first-order valence-electron chi connectivity index (χ1n) is 5.89. The van der Waals surface area contributed by atoms with Crippen molar-refractivity contribution in [3.05, 3.63) is 24.0 Å². The number of carbonyl (C=O) groups excluding carboxylic acids is 1. The summed E-state index contributed by atoms with van der Waals surface area (Å²) in [6.07, 6.45) is 4.24. The number of nitrogens with zero attached hydrogens (tertiary/aromatic N) is 2. The minimum absolute atomic E-state index is 0.205. The van der Waals surface area contributed by atoms with Gasteiger partial charge in [0.25, 0.3) is 0 Å². The van der Waals surface area contributed by atoms with E-state index in [0.29, 0.717) is 19.1 Å². The van der Waals surface area contributed by atoms with Crippen LogP contribution in [0.1, 0.15) is 25.5 Å². The minimum atomic E-state index is 0.205. The highest BCUT2D eigenvalue weighted by molar-refractivity contribution is 5.76. The number of likely N-dealkylation sites (N-methyl/N-ethyl adjacent to an activating group) is 1. The molecule has 1 aliphatic rings. The Hall–Kier alpha value is -1.29. The Bertz CT molecular complexity index is 368. The molecule has 0 atom stereocenters. The van der Waals surface area contributed by atoms with Crippen molar-refractivity contribution in [2.45, 2.75) is 38.9 Å². The smallest absolute Gasteiger partial charge is 0.242 e. The van der Waals surface area contributed by atoms with Crippen molar-refractivity contribution in [2.75, 3.05) is 6.54 Å². The van der Waals surface area contributed by atoms with Crippen LogP contribution in [0.15, 0.2) is 18.3 Å². The lowest BCUT2D eigenvalue weighted by Gasteiger charge is -2.21. The van der Waals surface area contributed by atoms with E-state index in [4.69, 9.17) is 5.73 Å². The zero-order valence-corrected chi connectivity index (χ0v) is 9.72. The van der Waals surface area contributed by atoms with Gasteiger partial charge in [0, 0.05) is 31.0 Å². The Balaban J connectivity index is 2.00. The number of hydrogen-bond acceptors (Lipinski definition) is 2. The summed E-state index contributed by atoms with van der Waals surface area (Å²) in [5.41, 5.74) is 6.62. The van der Waals surface area contributed by atoms with Gasteiger partial charge in [-0.05, 0) is 31.9 Å². The largest absolute Gasteiger partial charge is 0.341 e. The maximum atomic E-state index is 12.1. The molecule has 4 nitrogen and oxygen atoms in total. The summed E-state index contributed by atoms with van der Waals surface area (Å²) in [6.45, 7) is 3.75. The molecule has 88 valence electrons. The summed E-state index contributed by atoms with van der Waals surface area (Å²) < 4.78 is 1.94. The highest BCUT2D eigenvalue weighted by atomic mass is 16.2. The molecule has 16 heavy (non-hydrogen) atoms. The average molecular weight is 221 g/mol. The van der Waals surface area contributed by atoms with Crippen LogP contribution >= 0.6 is 0 Å². The van der Waals surface area contributed by atoms with E-state index in [9.17, 15) is 4.79 Å². The van der Waals surface area contributed by atoms with Crippen molar-refractivity contribution in [3.63, 3.8) is 0 Å². The van der Waals surface area contributed by atoms with Crippen molar-refractivity contribution >= 4 is 5.91 Å². The molecular weight excluding hydrogens is 202 g/mol. The third kappa shape index (κ3) is 2.27. The van der Waals surface area contributed by atoms with E-state index in [1.54, 1.807) is 0 Å². The highest BCUT2D eigenvalue weighted by Gasteiger charge is 2.31. The van der Waals surface area contributed by atoms with E-state index >= 15 is 0 Å². The fraction of sp³-hybridized carbons (Fsp3) is 0.583. The molecule has 1 amide bonds. The first-order valence-corrected chi connectivity index (χ1v) is 5.89. The standard InChI is InChI=1S/C12H19N3O/c1-2-15(10-5-6-10)12(16)9-14-7-3-4-11(14)8-13/h3-4,7,10H,2,5-6,8-9,13H2,1H3. The van der Waals surface area contributed by atoms with Gasteiger partial charge in [0.05, 0.1) is 0 Å². The lowest BCUT2D eigenvalue weighted by molar-refractivity contribution is -0.132. The molecule has 1 heterocycles. The van der Waals surface area contributed by atoms with E-state index in [0.717, 1.165) is 25.1 Å². The van der Waals surface area contributed by atoms with Crippen molar-refractivity contribution in [2.24, 2.45) is 5.73 Å². The van der Waals surface area contributed by atoms with Crippen LogP contribution in [0, 0.1) is 0 Å². The Labute approximate surface area is 96.0 Å². The summed E-state index contributed by atoms with van der Waals surface area (Å²) in [5.74, 6) is 0.205. The number of nitrogens with two attached hydrogens (primary N) is 1. The van der Waals surface area contributed by atoms with Gasteiger partial charge in [-0.3, -0.25) is 4.79 Å². The molecule has 1 aliphatic carbocycles. The molecule has 1 aromatic heterocycles. The van der Waals surface area contributed by atoms with Crippen LogP contribution < -0.4 is 5.73 Å². The van der Waals surface area contributed by atoms with Crippen LogP contribution in [0.25, 0.3) is 0 Å². The van der Waals surface area contributed by atoms with Crippen LogP contribution in [0.2, 0.25) is 0 Å². The molecule has 1 fully saturated rings. The molecular formula is C12H19N3O. The second-order valence-corrected chi connectivity index (χ2v) is 4.24. The molecule has 2 N–H and O–H groups in total. The first kappa shape index (κ1) is 11.2. The lowest BCUT2D eigenvalue weighted by atomic mass is 10.4. The van der Waals surface area contributed by atoms with Gasteiger partial charge >= 0.3 is 0 Å². The Kier molecular flexibility index (Phi) is 3.29. The summed E-state index contributed by atoms with van der Waals surface area (Å²) in [7, 11) is 0. The normalized spacial score (nSPS) is 15.1. The molecule has 0 spiro atoms. The van der Waals surface area contributed by atoms with E-state index in [2.05, 4.69) is 0 Å². The Morgan fingerprint density at radius 1 is 1.62 bits per heavy atom. The molecule has 0 radical (unpaired) electrons. The molecule has 0 aliphatic heterocycles. The number of carbonyl (C=O) groups is 1. The minimum Gasteiger partial charge on any atom is -0.341 e. The second kappa shape index (κ2) is 4.70. The SMILES string of the molecule is CCN(C(=O)Cn1cccc1CN)C1CC1. The van der Waals surface area contributed by atoms with E-state index in [-0.39, 0.29) is 5.91 Å². The number of rotatable bonds is 5. The van der Waals surface area contributed by atoms with Gasteiger partial charge in [-0.15, -0.1) is 0 Å². The van der Waals surface area contributed by atoms with Crippen LogP contribution in [0.4, 0.5) is 0 Å². The molecule has 1 aromatic rings. The number of aromatic nitrogens is 1. The van der Waals surface area contributed by atoms with Gasteiger partial charge in [0.15, 0.2) is 0 Å². The molecule has 0 saturated heterocycles. The van der Waals surface area contributed by atoms with Crippen molar-refractivity contribution in [1.29, 1.82) is 0 Å². The summed E-state index contributed by atoms with van der Waals surface area (Å²) in [6, 6.07) is 4.39. The fourth-order valence-electron chi connectivity index (χ4n) is 2.05. The highest BCUT2D eigenvalue weighted by Crippen LogP contribution is 2.26. The van der Waals surface area contributed by atoms with E-state index in [1.165, 1.54) is 0 Å². The van der Waals surface area contributed by atoms with Gasteiger partial charge in [-0.1, -0.05) is 0 Å². The monoisotopic (exact) mass is 221 g/mol. The zero-order chi connectivity index (χ0) is 11.5. The zero-order valence-electron chi connectivity index (χ0n) is 9.72. The Morgan fingerprint density at radius 2 is 2.38 bits per heavy atom. The van der Waals surface area contributed by atoms with Crippen LogP contribution in [-0.4, -0.2) is 28.0 Å². The molecule has 0 bridgehead atoms. The predicted molar refractivity (Wildman–Crippen MR) is 62.7 cm³/mol. The molecule has 0 aromatic carbocycles. The van der Waals surface area contributed by atoms with Crippen LogP contribution in [-0.2, 0) is 17.9 Å². The van der Waals surface area contributed by atoms with E-state index in [1.807, 2.05) is 34.7 Å². The van der Waals surface area contributed by atoms with Crippen molar-refractivity contribution in [1.82, 2.24) is 9.47 Å². The topological polar surface area (TPSA) is 51.3 Å². The predicted octanol–water partition coefficient (Wildman–Crippen LogP) is 0.958. The summed E-state index contributed by atoms with van der Waals surface area (Å²) >= 11 is 0. The van der Waals surface area contributed by atoms with Gasteiger partial charge < -0.3 is 15.2 Å². The maximum Gasteiger partial charge on any atom is 0.242 e. The molecule has 1 saturated carbocycles. The quantitative estimate of drug-likeness (QED) is 0.805. The summed E-state index contributed by atoms with van der Waals surface area (Å²) in [4.78, 5) is 14.0. The number of hydrogen-bond donors (Lipinski definition) is 1. The molecule has 4 heteroatoms.